The molecule has 5 atom stereocenters. The van der Waals surface area contributed by atoms with Gasteiger partial charge in [0.1, 0.15) is 11.9 Å². The monoisotopic (exact) mass is 491 g/mol. The molecule has 0 aromatic carbocycles. The molecule has 6 nitrogen and oxygen atoms in total. The first kappa shape index (κ1) is 28.4. The summed E-state index contributed by atoms with van der Waals surface area (Å²) in [7, 11) is 0. The molecule has 0 saturated carbocycles. The highest BCUT2D eigenvalue weighted by molar-refractivity contribution is 7.09. The van der Waals surface area contributed by atoms with Crippen molar-refractivity contribution in [3.05, 3.63) is 33.3 Å². The van der Waals surface area contributed by atoms with Crippen LogP contribution in [0.4, 0.5) is 0 Å². The number of allylic oxidation sites excluding steroid dienone is 1. The van der Waals surface area contributed by atoms with Crippen molar-refractivity contribution in [1.82, 2.24) is 4.98 Å². The van der Waals surface area contributed by atoms with E-state index >= 15 is 0 Å². The highest BCUT2D eigenvalue weighted by Crippen LogP contribution is 2.32. The van der Waals surface area contributed by atoms with Crippen LogP contribution in [0.15, 0.2) is 22.6 Å². The molecule has 1 aromatic rings. The quantitative estimate of drug-likeness (QED) is 0.432. The number of esters is 1. The Balaban J connectivity index is 2.33. The summed E-state index contributed by atoms with van der Waals surface area (Å²) in [4.78, 5) is 30.5. The molecule has 1 aromatic heterocycles. The first-order valence-corrected chi connectivity index (χ1v) is 13.1. The van der Waals surface area contributed by atoms with Gasteiger partial charge in [-0.25, -0.2) is 4.98 Å². The van der Waals surface area contributed by atoms with E-state index < -0.39 is 35.6 Å². The third kappa shape index (κ3) is 7.59. The minimum Gasteiger partial charge on any atom is -0.457 e. The Kier molecular flexibility index (Phi) is 10.2. The van der Waals surface area contributed by atoms with Gasteiger partial charge in [0.05, 0.1) is 34.7 Å². The van der Waals surface area contributed by atoms with Crippen molar-refractivity contribution in [2.24, 2.45) is 17.3 Å². The van der Waals surface area contributed by atoms with Gasteiger partial charge in [-0.3, -0.25) is 9.59 Å². The number of thiazole rings is 1. The predicted molar refractivity (Wildman–Crippen MR) is 136 cm³/mol. The molecule has 34 heavy (non-hydrogen) atoms. The lowest BCUT2D eigenvalue weighted by atomic mass is 9.73. The first-order chi connectivity index (χ1) is 15.8. The molecule has 2 rings (SSSR count). The predicted octanol–water partition coefficient (Wildman–Crippen LogP) is 5.27. The van der Waals surface area contributed by atoms with Crippen LogP contribution in [0.5, 0.6) is 0 Å². The molecule has 0 fully saturated rings. The molecular formula is C27H41NO5S. The molecule has 1 aliphatic heterocycles. The fraction of sp³-hybridized carbons (Fsp3) is 0.667. The molecule has 7 heteroatoms. The van der Waals surface area contributed by atoms with E-state index in [9.17, 15) is 19.8 Å². The number of hydrogen-bond acceptors (Lipinski definition) is 7. The van der Waals surface area contributed by atoms with E-state index in [1.807, 2.05) is 32.2 Å². The third-order valence-electron chi connectivity index (χ3n) is 7.04. The molecule has 0 amide bonds. The zero-order chi connectivity index (χ0) is 25.6. The van der Waals surface area contributed by atoms with Gasteiger partial charge >= 0.3 is 5.97 Å². The topological polar surface area (TPSA) is 96.7 Å². The molecule has 1 aliphatic rings. The zero-order valence-corrected chi connectivity index (χ0v) is 22.4. The van der Waals surface area contributed by atoms with Gasteiger partial charge in [-0.05, 0) is 57.6 Å². The molecule has 190 valence electrons. The number of aryl methyl sites for hydroxylation is 1. The first-order valence-electron chi connectivity index (χ1n) is 12.2. The lowest BCUT2D eigenvalue weighted by Gasteiger charge is -2.34. The number of carbonyl (C=O) groups is 2. The van der Waals surface area contributed by atoms with E-state index in [1.165, 1.54) is 5.57 Å². The fourth-order valence-corrected chi connectivity index (χ4v) is 4.97. The van der Waals surface area contributed by atoms with Gasteiger partial charge in [-0.2, -0.15) is 0 Å². The highest BCUT2D eigenvalue weighted by atomic mass is 32.1. The molecule has 2 heterocycles. The van der Waals surface area contributed by atoms with Crippen LogP contribution in [-0.2, 0) is 14.3 Å². The average Bonchev–Trinajstić information content (AvgIpc) is 3.18. The molecule has 2 N–H and O–H groups in total. The van der Waals surface area contributed by atoms with Gasteiger partial charge in [0, 0.05) is 17.7 Å². The second-order valence-electron chi connectivity index (χ2n) is 10.4. The number of aliphatic hydroxyl groups is 2. The Morgan fingerprint density at radius 1 is 1.24 bits per heavy atom. The Bertz CT molecular complexity index is 916. The molecule has 0 spiro atoms. The van der Waals surface area contributed by atoms with Crippen LogP contribution in [0.25, 0.3) is 6.08 Å². The summed E-state index contributed by atoms with van der Waals surface area (Å²) in [5.74, 6) is -1.49. The van der Waals surface area contributed by atoms with Crippen LogP contribution in [0.1, 0.15) is 84.3 Å². The minimum absolute atomic E-state index is 0.0444. The molecule has 0 aliphatic carbocycles. The smallest absolute Gasteiger partial charge is 0.309 e. The maximum absolute atomic E-state index is 13.2. The van der Waals surface area contributed by atoms with Crippen molar-refractivity contribution >= 4 is 29.2 Å². The summed E-state index contributed by atoms with van der Waals surface area (Å²) < 4.78 is 5.81. The fourth-order valence-electron chi connectivity index (χ4n) is 4.40. The normalized spacial score (nSPS) is 32.1. The van der Waals surface area contributed by atoms with Crippen LogP contribution in [0.3, 0.4) is 0 Å². The standard InChI is InChI=1S/C27H41NO5S/c1-16-9-8-10-17(2)25(31)19(4)26(32)27(6,7)23(29)14-24(30)33-22(12-11-16)18(3)13-21-15-34-20(5)28-21/h11,13,15,17,19,22-23,25,29,31H,8-10,12,14H2,1-7H3/b16-11-,18-13+/t17-,19+,22+,23-,25-/m0/s1. The van der Waals surface area contributed by atoms with Crippen LogP contribution in [0.2, 0.25) is 0 Å². The zero-order valence-electron chi connectivity index (χ0n) is 21.6. The summed E-state index contributed by atoms with van der Waals surface area (Å²) in [6, 6.07) is 0. The van der Waals surface area contributed by atoms with Gasteiger partial charge in [0.2, 0.25) is 0 Å². The Hall–Kier alpha value is -1.83. The summed E-state index contributed by atoms with van der Waals surface area (Å²) >= 11 is 1.56. The maximum atomic E-state index is 13.2. The number of nitrogens with zero attached hydrogens (tertiary/aromatic N) is 1. The molecule has 0 saturated heterocycles. The summed E-state index contributed by atoms with van der Waals surface area (Å²) in [6.07, 6.45) is 4.33. The molecule has 0 unspecified atom stereocenters. The number of aliphatic hydroxyl groups excluding tert-OH is 2. The van der Waals surface area contributed by atoms with Crippen molar-refractivity contribution in [1.29, 1.82) is 0 Å². The van der Waals surface area contributed by atoms with E-state index in [1.54, 1.807) is 32.1 Å². The largest absolute Gasteiger partial charge is 0.457 e. The lowest BCUT2D eigenvalue weighted by Crippen LogP contribution is -2.45. The number of rotatable bonds is 2. The molecule has 0 bridgehead atoms. The van der Waals surface area contributed by atoms with Crippen LogP contribution in [0, 0.1) is 24.2 Å². The minimum atomic E-state index is -1.21. The molecule has 0 radical (unpaired) electrons. The number of ketones is 1. The number of Topliss-reactive ketones (excluding diaryl/α,β-unsaturated/α-hetero) is 1. The Morgan fingerprint density at radius 3 is 2.53 bits per heavy atom. The van der Waals surface area contributed by atoms with Crippen molar-refractivity contribution in [2.75, 3.05) is 0 Å². The van der Waals surface area contributed by atoms with Crippen LogP contribution < -0.4 is 0 Å². The van der Waals surface area contributed by atoms with Gasteiger partial charge in [-0.15, -0.1) is 11.3 Å². The van der Waals surface area contributed by atoms with Crippen LogP contribution >= 0.6 is 11.3 Å². The summed E-state index contributed by atoms with van der Waals surface area (Å²) in [5.41, 5.74) is 1.71. The van der Waals surface area contributed by atoms with Crippen molar-refractivity contribution in [3.63, 3.8) is 0 Å². The van der Waals surface area contributed by atoms with E-state index in [0.29, 0.717) is 6.42 Å². The lowest BCUT2D eigenvalue weighted by molar-refractivity contribution is -0.154. The number of ether oxygens (including phenoxy) is 1. The van der Waals surface area contributed by atoms with Crippen molar-refractivity contribution in [2.45, 2.75) is 98.9 Å². The van der Waals surface area contributed by atoms with E-state index in [-0.39, 0.29) is 18.1 Å². The third-order valence-corrected chi connectivity index (χ3v) is 7.83. The number of carbonyl (C=O) groups excluding carboxylic acids is 2. The van der Waals surface area contributed by atoms with Gasteiger partial charge in [-0.1, -0.05) is 39.3 Å². The van der Waals surface area contributed by atoms with Gasteiger partial charge in [0.25, 0.3) is 0 Å². The SMILES string of the molecule is C/C1=C/C[C@H](/C(C)=C/c2csc(C)n2)OC(=O)C[C@H](O)C(C)(C)C(=O)[C@H](C)[C@@H](O)[C@@H](C)CCC1. The van der Waals surface area contributed by atoms with Gasteiger partial charge in [0.15, 0.2) is 0 Å². The average molecular weight is 492 g/mol. The van der Waals surface area contributed by atoms with Gasteiger partial charge < -0.3 is 14.9 Å². The van der Waals surface area contributed by atoms with E-state index in [0.717, 1.165) is 35.5 Å². The van der Waals surface area contributed by atoms with Crippen LogP contribution in [-0.4, -0.2) is 45.3 Å². The summed E-state index contributed by atoms with van der Waals surface area (Å²) in [6.45, 7) is 12.8. The number of hydrogen-bond donors (Lipinski definition) is 2. The Morgan fingerprint density at radius 2 is 1.91 bits per heavy atom. The molecular weight excluding hydrogens is 450 g/mol. The number of aromatic nitrogens is 1. The second-order valence-corrected chi connectivity index (χ2v) is 11.5. The second kappa shape index (κ2) is 12.2. The van der Waals surface area contributed by atoms with E-state index in [4.69, 9.17) is 4.74 Å². The number of cyclic esters (lactones) is 1. The van der Waals surface area contributed by atoms with E-state index in [2.05, 4.69) is 18.0 Å². The highest BCUT2D eigenvalue weighted by Gasteiger charge is 2.42. The van der Waals surface area contributed by atoms with Crippen molar-refractivity contribution in [3.8, 4) is 0 Å². The van der Waals surface area contributed by atoms with Crippen molar-refractivity contribution < 1.29 is 24.5 Å². The Labute approximate surface area is 208 Å². The maximum Gasteiger partial charge on any atom is 0.309 e. The summed E-state index contributed by atoms with van der Waals surface area (Å²) in [5, 5.41) is 24.5.